The summed E-state index contributed by atoms with van der Waals surface area (Å²) in [5, 5.41) is 2.65. The molecule has 1 aromatic rings. The molecule has 0 fully saturated rings. The largest absolute Gasteiger partial charge is 0.416 e. The Morgan fingerprint density at radius 1 is 1.37 bits per heavy atom. The van der Waals surface area contributed by atoms with Gasteiger partial charge in [0.25, 0.3) is 0 Å². The van der Waals surface area contributed by atoms with Crippen LogP contribution < -0.4 is 10.2 Å². The van der Waals surface area contributed by atoms with E-state index in [1.807, 2.05) is 0 Å². The lowest BCUT2D eigenvalue weighted by Crippen LogP contribution is -2.41. The number of alkyl halides is 3. The molecule has 2 amide bonds. The summed E-state index contributed by atoms with van der Waals surface area (Å²) in [5.74, 6) is 0. The molecule has 0 aliphatic carbocycles. The second-order valence-corrected chi connectivity index (χ2v) is 4.73. The molecule has 0 bridgehead atoms. The number of benzene rings is 1. The van der Waals surface area contributed by atoms with E-state index in [-0.39, 0.29) is 16.8 Å². The predicted octanol–water partition coefficient (Wildman–Crippen LogP) is 3.91. The van der Waals surface area contributed by atoms with Gasteiger partial charge in [-0.1, -0.05) is 11.6 Å². The number of rotatable bonds is 2. The Kier molecular flexibility index (Phi) is 4.68. The van der Waals surface area contributed by atoms with E-state index in [4.69, 9.17) is 11.6 Å². The minimum atomic E-state index is -4.48. The molecule has 7 heteroatoms. The lowest BCUT2D eigenvalue weighted by molar-refractivity contribution is -0.137. The summed E-state index contributed by atoms with van der Waals surface area (Å²) in [4.78, 5) is 12.8. The van der Waals surface area contributed by atoms with Crippen molar-refractivity contribution in [3.8, 4) is 0 Å². The van der Waals surface area contributed by atoms with Crippen LogP contribution >= 0.6 is 11.6 Å². The molecule has 0 radical (unpaired) electrons. The number of anilines is 1. The van der Waals surface area contributed by atoms with Crippen molar-refractivity contribution < 1.29 is 18.0 Å². The van der Waals surface area contributed by atoms with Crippen LogP contribution in [0.25, 0.3) is 0 Å². The number of amides is 2. The third kappa shape index (κ3) is 4.02. The highest BCUT2D eigenvalue weighted by atomic mass is 35.5. The maximum Gasteiger partial charge on any atom is 0.416 e. The lowest BCUT2D eigenvalue weighted by atomic mass is 10.2. The molecule has 0 heterocycles. The standard InChI is InChI=1S/C12H14ClF3N2O/c1-7(2)17-11(19)18(3)10-6-8(12(14,15)16)4-5-9(10)13/h4-7H,1-3H3,(H,17,19). The second kappa shape index (κ2) is 5.69. The van der Waals surface area contributed by atoms with Crippen LogP contribution in [-0.2, 0) is 6.18 Å². The van der Waals surface area contributed by atoms with Gasteiger partial charge in [-0.25, -0.2) is 4.79 Å². The van der Waals surface area contributed by atoms with E-state index in [1.54, 1.807) is 13.8 Å². The number of carbonyl (C=O) groups excluding carboxylic acids is 1. The zero-order valence-corrected chi connectivity index (χ0v) is 11.4. The molecule has 19 heavy (non-hydrogen) atoms. The molecular formula is C12H14ClF3N2O. The van der Waals surface area contributed by atoms with Crippen LogP contribution in [0.3, 0.4) is 0 Å². The number of halogens is 4. The molecule has 3 nitrogen and oxygen atoms in total. The zero-order chi connectivity index (χ0) is 14.8. The van der Waals surface area contributed by atoms with E-state index in [0.717, 1.165) is 23.1 Å². The first-order chi connectivity index (χ1) is 8.62. The summed E-state index contributed by atoms with van der Waals surface area (Å²) in [7, 11) is 1.36. The van der Waals surface area contributed by atoms with Gasteiger partial charge in [-0.3, -0.25) is 4.90 Å². The number of nitrogens with zero attached hydrogens (tertiary/aromatic N) is 1. The Balaban J connectivity index is 3.09. The van der Waals surface area contributed by atoms with Crippen LogP contribution in [0.1, 0.15) is 19.4 Å². The Hall–Kier alpha value is -1.43. The van der Waals surface area contributed by atoms with Crippen molar-refractivity contribution in [1.82, 2.24) is 5.32 Å². The first-order valence-corrected chi connectivity index (χ1v) is 5.91. The SMILES string of the molecule is CC(C)NC(=O)N(C)c1cc(C(F)(F)F)ccc1Cl. The summed E-state index contributed by atoms with van der Waals surface area (Å²) in [5.41, 5.74) is -0.842. The van der Waals surface area contributed by atoms with Crippen LogP contribution in [0, 0.1) is 0 Å². The molecule has 106 valence electrons. The Bertz CT molecular complexity index is 475. The molecule has 0 spiro atoms. The Labute approximate surface area is 114 Å². The third-order valence-corrected chi connectivity index (χ3v) is 2.67. The van der Waals surface area contributed by atoms with Crippen molar-refractivity contribution in [2.24, 2.45) is 0 Å². The number of hydrogen-bond donors (Lipinski definition) is 1. The lowest BCUT2D eigenvalue weighted by Gasteiger charge is -2.22. The molecule has 1 aromatic carbocycles. The normalized spacial score (nSPS) is 11.6. The van der Waals surface area contributed by atoms with Gasteiger partial charge in [0.15, 0.2) is 0 Å². The second-order valence-electron chi connectivity index (χ2n) is 4.33. The van der Waals surface area contributed by atoms with Gasteiger partial charge < -0.3 is 5.32 Å². The quantitative estimate of drug-likeness (QED) is 0.881. The van der Waals surface area contributed by atoms with E-state index < -0.39 is 17.8 Å². The Morgan fingerprint density at radius 2 is 1.95 bits per heavy atom. The van der Waals surface area contributed by atoms with E-state index in [0.29, 0.717) is 0 Å². The van der Waals surface area contributed by atoms with Crippen molar-refractivity contribution in [3.05, 3.63) is 28.8 Å². The topological polar surface area (TPSA) is 32.3 Å². The van der Waals surface area contributed by atoms with Crippen molar-refractivity contribution in [2.75, 3.05) is 11.9 Å². The van der Waals surface area contributed by atoms with Crippen LogP contribution in [0.15, 0.2) is 18.2 Å². The van der Waals surface area contributed by atoms with Crippen molar-refractivity contribution in [2.45, 2.75) is 26.1 Å². The monoisotopic (exact) mass is 294 g/mol. The summed E-state index contributed by atoms with van der Waals surface area (Å²) >= 11 is 5.83. The van der Waals surface area contributed by atoms with Gasteiger partial charge in [0.2, 0.25) is 0 Å². The van der Waals surface area contributed by atoms with Gasteiger partial charge in [-0.15, -0.1) is 0 Å². The van der Waals surface area contributed by atoms with Gasteiger partial charge in [0.05, 0.1) is 16.3 Å². The van der Waals surface area contributed by atoms with Crippen molar-refractivity contribution in [3.63, 3.8) is 0 Å². The van der Waals surface area contributed by atoms with Crippen LogP contribution in [0.4, 0.5) is 23.7 Å². The highest BCUT2D eigenvalue weighted by Crippen LogP contribution is 2.35. The van der Waals surface area contributed by atoms with Crippen molar-refractivity contribution >= 4 is 23.3 Å². The van der Waals surface area contributed by atoms with Gasteiger partial charge in [0.1, 0.15) is 0 Å². The van der Waals surface area contributed by atoms with Gasteiger partial charge >= 0.3 is 12.2 Å². The Morgan fingerprint density at radius 3 is 2.42 bits per heavy atom. The average molecular weight is 295 g/mol. The molecule has 0 atom stereocenters. The number of hydrogen-bond acceptors (Lipinski definition) is 1. The minimum absolute atomic E-state index is 0.00893. The zero-order valence-electron chi connectivity index (χ0n) is 10.7. The smallest absolute Gasteiger partial charge is 0.336 e. The maximum atomic E-state index is 12.6. The van der Waals surface area contributed by atoms with E-state index >= 15 is 0 Å². The van der Waals surface area contributed by atoms with Crippen LogP contribution in [0.2, 0.25) is 5.02 Å². The molecule has 0 saturated heterocycles. The van der Waals surface area contributed by atoms with E-state index in [1.165, 1.54) is 7.05 Å². The molecular weight excluding hydrogens is 281 g/mol. The first kappa shape index (κ1) is 15.6. The summed E-state index contributed by atoms with van der Waals surface area (Å²) in [6.45, 7) is 3.50. The molecule has 1 N–H and O–H groups in total. The van der Waals surface area contributed by atoms with Crippen LogP contribution in [-0.4, -0.2) is 19.1 Å². The molecule has 0 unspecified atom stereocenters. The third-order valence-electron chi connectivity index (χ3n) is 2.35. The maximum absolute atomic E-state index is 12.6. The van der Waals surface area contributed by atoms with E-state index in [9.17, 15) is 18.0 Å². The minimum Gasteiger partial charge on any atom is -0.336 e. The first-order valence-electron chi connectivity index (χ1n) is 5.54. The van der Waals surface area contributed by atoms with Crippen LogP contribution in [0.5, 0.6) is 0 Å². The summed E-state index contributed by atoms with van der Waals surface area (Å²) in [6, 6.07) is 2.21. The molecule has 0 aromatic heterocycles. The fourth-order valence-electron chi connectivity index (χ4n) is 1.40. The number of carbonyl (C=O) groups is 1. The van der Waals surface area contributed by atoms with Gasteiger partial charge in [-0.05, 0) is 32.0 Å². The highest BCUT2D eigenvalue weighted by molar-refractivity contribution is 6.33. The van der Waals surface area contributed by atoms with E-state index in [2.05, 4.69) is 5.32 Å². The number of urea groups is 1. The van der Waals surface area contributed by atoms with Gasteiger partial charge in [-0.2, -0.15) is 13.2 Å². The predicted molar refractivity (Wildman–Crippen MR) is 68.5 cm³/mol. The van der Waals surface area contributed by atoms with Gasteiger partial charge in [0, 0.05) is 13.1 Å². The molecule has 0 aliphatic heterocycles. The average Bonchev–Trinajstić information content (AvgIpc) is 2.26. The molecule has 0 saturated carbocycles. The van der Waals surface area contributed by atoms with Crippen molar-refractivity contribution in [1.29, 1.82) is 0 Å². The summed E-state index contributed by atoms with van der Waals surface area (Å²) in [6.07, 6.45) is -4.48. The highest BCUT2D eigenvalue weighted by Gasteiger charge is 2.31. The number of nitrogens with one attached hydrogen (secondary N) is 1. The fourth-order valence-corrected chi connectivity index (χ4v) is 1.64. The fraction of sp³-hybridized carbons (Fsp3) is 0.417. The molecule has 1 rings (SSSR count). The summed E-state index contributed by atoms with van der Waals surface area (Å²) < 4.78 is 37.8. The molecule has 0 aliphatic rings.